The van der Waals surface area contributed by atoms with Gasteiger partial charge in [0.15, 0.2) is 5.13 Å². The number of nitrogens with zero attached hydrogens (tertiary/aromatic N) is 1. The number of rotatable bonds is 3. The van der Waals surface area contributed by atoms with Gasteiger partial charge in [0.1, 0.15) is 4.33 Å². The van der Waals surface area contributed by atoms with Crippen molar-refractivity contribution >= 4 is 61.5 Å². The van der Waals surface area contributed by atoms with E-state index >= 15 is 0 Å². The number of alkyl halides is 2. The zero-order valence-electron chi connectivity index (χ0n) is 11.0. The topological polar surface area (TPSA) is 42.0 Å². The van der Waals surface area contributed by atoms with Crippen LogP contribution in [-0.2, 0) is 4.79 Å². The Labute approximate surface area is 144 Å². The molecule has 1 aromatic heterocycles. The zero-order valence-corrected chi connectivity index (χ0v) is 14.9. The zero-order chi connectivity index (χ0) is 15.2. The van der Waals surface area contributed by atoms with Crippen molar-refractivity contribution in [1.82, 2.24) is 4.98 Å². The van der Waals surface area contributed by atoms with Gasteiger partial charge in [-0.1, -0.05) is 28.1 Å². The van der Waals surface area contributed by atoms with E-state index in [4.69, 9.17) is 23.2 Å². The van der Waals surface area contributed by atoms with Gasteiger partial charge in [0.2, 0.25) is 5.91 Å². The summed E-state index contributed by atoms with van der Waals surface area (Å²) in [6.45, 7) is 1.98. The summed E-state index contributed by atoms with van der Waals surface area (Å²) < 4.78 is 0.104. The van der Waals surface area contributed by atoms with E-state index < -0.39 is 4.33 Å². The van der Waals surface area contributed by atoms with Crippen LogP contribution in [-0.4, -0.2) is 15.2 Å². The molecule has 1 amide bonds. The molecular formula is C14H11BrCl2N2OS. The Balaban J connectivity index is 1.78. The molecule has 1 unspecified atom stereocenters. The van der Waals surface area contributed by atoms with Crippen LogP contribution in [0, 0.1) is 12.8 Å². The molecule has 1 heterocycles. The first-order chi connectivity index (χ1) is 9.87. The van der Waals surface area contributed by atoms with Crippen LogP contribution in [0.5, 0.6) is 0 Å². The van der Waals surface area contributed by atoms with Gasteiger partial charge in [0, 0.05) is 14.9 Å². The fraction of sp³-hybridized carbons (Fsp3) is 0.286. The molecule has 3 nitrogen and oxygen atoms in total. The fourth-order valence-electron chi connectivity index (χ4n) is 2.02. The molecule has 1 aliphatic carbocycles. The number of carbonyl (C=O) groups is 1. The highest BCUT2D eigenvalue weighted by molar-refractivity contribution is 9.10. The highest BCUT2D eigenvalue weighted by Gasteiger charge is 2.56. The van der Waals surface area contributed by atoms with Crippen LogP contribution < -0.4 is 5.32 Å². The van der Waals surface area contributed by atoms with Crippen LogP contribution in [0.25, 0.3) is 11.3 Å². The smallest absolute Gasteiger partial charge is 0.232 e. The lowest BCUT2D eigenvalue weighted by molar-refractivity contribution is -0.117. The lowest BCUT2D eigenvalue weighted by Gasteiger charge is -2.01. The first-order valence-corrected chi connectivity index (χ1v) is 8.65. The van der Waals surface area contributed by atoms with Crippen molar-refractivity contribution in [2.24, 2.45) is 5.92 Å². The summed E-state index contributed by atoms with van der Waals surface area (Å²) in [7, 11) is 0. The van der Waals surface area contributed by atoms with Crippen molar-refractivity contribution < 1.29 is 4.79 Å². The van der Waals surface area contributed by atoms with E-state index in [9.17, 15) is 4.79 Å². The van der Waals surface area contributed by atoms with Gasteiger partial charge in [-0.25, -0.2) is 4.98 Å². The molecule has 0 spiro atoms. The number of anilines is 1. The number of aryl methyl sites for hydroxylation is 1. The van der Waals surface area contributed by atoms with Crippen molar-refractivity contribution in [2.75, 3.05) is 5.32 Å². The molecule has 1 saturated carbocycles. The largest absolute Gasteiger partial charge is 0.302 e. The van der Waals surface area contributed by atoms with Gasteiger partial charge in [-0.3, -0.25) is 4.79 Å². The summed E-state index contributed by atoms with van der Waals surface area (Å²) in [5, 5.41) is 3.37. The molecular weight excluding hydrogens is 395 g/mol. The quantitative estimate of drug-likeness (QED) is 0.729. The molecule has 3 rings (SSSR count). The van der Waals surface area contributed by atoms with Gasteiger partial charge in [0.05, 0.1) is 11.6 Å². The van der Waals surface area contributed by atoms with Gasteiger partial charge < -0.3 is 5.32 Å². The first-order valence-electron chi connectivity index (χ1n) is 6.29. The minimum atomic E-state index is -0.912. The molecule has 0 saturated heterocycles. The third-order valence-electron chi connectivity index (χ3n) is 3.29. The molecule has 2 aromatic rings. The third-order valence-corrected chi connectivity index (χ3v) is 5.54. The maximum absolute atomic E-state index is 12.0. The normalized spacial score (nSPS) is 19.3. The number of aromatic nitrogens is 1. The Morgan fingerprint density at radius 1 is 1.43 bits per heavy atom. The molecule has 1 fully saturated rings. The van der Waals surface area contributed by atoms with E-state index in [1.165, 1.54) is 11.3 Å². The number of carbonyl (C=O) groups excluding carboxylic acids is 1. The lowest BCUT2D eigenvalue weighted by atomic mass is 10.1. The SMILES string of the molecule is Cc1sc(NC(=O)C2CC2(Cl)Cl)nc1-c1ccc(Br)cc1. The number of benzene rings is 1. The van der Waals surface area contributed by atoms with Gasteiger partial charge in [-0.2, -0.15) is 0 Å². The standard InChI is InChI=1S/C14H11BrCl2N2OS/c1-7-11(8-2-4-9(15)5-3-8)18-13(21-7)19-12(20)10-6-14(10,16)17/h2-5,10H,6H2,1H3,(H,18,19,20). The van der Waals surface area contributed by atoms with Crippen LogP contribution >= 0.6 is 50.5 Å². The Bertz CT molecular complexity index is 699. The summed E-state index contributed by atoms with van der Waals surface area (Å²) in [5.41, 5.74) is 1.89. The Kier molecular flexibility index (Phi) is 4.03. The average molecular weight is 406 g/mol. The monoisotopic (exact) mass is 404 g/mol. The molecule has 1 aromatic carbocycles. The molecule has 0 aliphatic heterocycles. The molecule has 1 aliphatic rings. The molecule has 110 valence electrons. The Morgan fingerprint density at radius 2 is 2.05 bits per heavy atom. The van der Waals surface area contributed by atoms with Crippen molar-refractivity contribution in [3.63, 3.8) is 0 Å². The summed E-state index contributed by atoms with van der Waals surface area (Å²) >= 11 is 16.7. The summed E-state index contributed by atoms with van der Waals surface area (Å²) in [5.74, 6) is -0.516. The second-order valence-electron chi connectivity index (χ2n) is 4.94. The second kappa shape index (κ2) is 5.54. The van der Waals surface area contributed by atoms with Gasteiger partial charge in [-0.15, -0.1) is 34.5 Å². The van der Waals surface area contributed by atoms with Crippen molar-refractivity contribution in [2.45, 2.75) is 17.7 Å². The number of hydrogen-bond acceptors (Lipinski definition) is 3. The van der Waals surface area contributed by atoms with Crippen LogP contribution in [0.1, 0.15) is 11.3 Å². The van der Waals surface area contributed by atoms with E-state index in [1.54, 1.807) is 0 Å². The maximum Gasteiger partial charge on any atom is 0.232 e. The maximum atomic E-state index is 12.0. The minimum absolute atomic E-state index is 0.170. The van der Waals surface area contributed by atoms with Gasteiger partial charge >= 0.3 is 0 Å². The van der Waals surface area contributed by atoms with Crippen molar-refractivity contribution in [3.8, 4) is 11.3 Å². The van der Waals surface area contributed by atoms with Crippen LogP contribution in [0.3, 0.4) is 0 Å². The summed E-state index contributed by atoms with van der Waals surface area (Å²) in [6, 6.07) is 7.90. The molecule has 0 bridgehead atoms. The van der Waals surface area contributed by atoms with Crippen LogP contribution in [0.15, 0.2) is 28.7 Å². The van der Waals surface area contributed by atoms with E-state index in [0.29, 0.717) is 11.6 Å². The van der Waals surface area contributed by atoms with E-state index in [0.717, 1.165) is 20.6 Å². The van der Waals surface area contributed by atoms with E-state index in [1.807, 2.05) is 31.2 Å². The first kappa shape index (κ1) is 15.3. The Hall–Kier alpha value is -0.620. The van der Waals surface area contributed by atoms with E-state index in [-0.39, 0.29) is 11.8 Å². The highest BCUT2D eigenvalue weighted by Crippen LogP contribution is 2.53. The van der Waals surface area contributed by atoms with Gasteiger partial charge in [0.25, 0.3) is 0 Å². The minimum Gasteiger partial charge on any atom is -0.302 e. The van der Waals surface area contributed by atoms with Crippen LogP contribution in [0.4, 0.5) is 5.13 Å². The molecule has 7 heteroatoms. The summed E-state index contributed by atoms with van der Waals surface area (Å²) in [4.78, 5) is 17.5. The van der Waals surface area contributed by atoms with Crippen LogP contribution in [0.2, 0.25) is 0 Å². The second-order valence-corrected chi connectivity index (χ2v) is 8.60. The van der Waals surface area contributed by atoms with Crippen molar-refractivity contribution in [1.29, 1.82) is 0 Å². The predicted octanol–water partition coefficient (Wildman–Crippen LogP) is 5.01. The number of thiazole rings is 1. The lowest BCUT2D eigenvalue weighted by Crippen LogP contribution is -2.16. The number of hydrogen-bond donors (Lipinski definition) is 1. The highest BCUT2D eigenvalue weighted by atomic mass is 79.9. The van der Waals surface area contributed by atoms with E-state index in [2.05, 4.69) is 26.2 Å². The van der Waals surface area contributed by atoms with Gasteiger partial charge in [-0.05, 0) is 25.5 Å². The number of amides is 1. The average Bonchev–Trinajstić information content (AvgIpc) is 2.90. The molecule has 0 radical (unpaired) electrons. The number of halogens is 3. The van der Waals surface area contributed by atoms with Crippen molar-refractivity contribution in [3.05, 3.63) is 33.6 Å². The third kappa shape index (κ3) is 3.26. The Morgan fingerprint density at radius 3 is 2.62 bits per heavy atom. The molecule has 21 heavy (non-hydrogen) atoms. The molecule has 1 atom stereocenters. The predicted molar refractivity (Wildman–Crippen MR) is 91.2 cm³/mol. The molecule has 1 N–H and O–H groups in total. The fourth-order valence-corrected chi connectivity index (χ4v) is 3.63. The number of nitrogens with one attached hydrogen (secondary N) is 1. The summed E-state index contributed by atoms with van der Waals surface area (Å²) in [6.07, 6.45) is 0.492.